The summed E-state index contributed by atoms with van der Waals surface area (Å²) in [5.41, 5.74) is 5.66. The molecule has 1 aromatic heterocycles. The van der Waals surface area contributed by atoms with E-state index in [0.29, 0.717) is 17.7 Å². The van der Waals surface area contributed by atoms with Crippen LogP contribution in [0.4, 0.5) is 0 Å². The van der Waals surface area contributed by atoms with Gasteiger partial charge in [-0.1, -0.05) is 104 Å². The maximum Gasteiger partial charge on any atom is 0.530 e. The van der Waals surface area contributed by atoms with Crippen LogP contribution in [0.3, 0.4) is 0 Å². The lowest BCUT2D eigenvalue weighted by atomic mass is 9.81. The van der Waals surface area contributed by atoms with Gasteiger partial charge in [-0.05, 0) is 28.3 Å². The third kappa shape index (κ3) is 4.96. The van der Waals surface area contributed by atoms with E-state index >= 15 is 0 Å². The van der Waals surface area contributed by atoms with Crippen LogP contribution in [0.5, 0.6) is 5.75 Å². The van der Waals surface area contributed by atoms with E-state index in [2.05, 4.69) is 19.1 Å². The van der Waals surface area contributed by atoms with Gasteiger partial charge in [-0.3, -0.25) is 18.6 Å². The summed E-state index contributed by atoms with van der Waals surface area (Å²) in [7, 11) is -4.27. The standard InChI is InChI=1S/C35H28NO6P/c1-23-27-16-9-8-15-26(27)19-36-20-29-32(33(23)36)34(37)28-17-10-18-30(31(28)35(29)38)42-43(39,40-21-24-11-4-2-5-12-24)41-22-25-13-6-3-7-14-25/h2-18,20,23H,19,21-22H2,1H3. The van der Waals surface area contributed by atoms with Crippen molar-refractivity contribution < 1.29 is 27.7 Å². The van der Waals surface area contributed by atoms with Gasteiger partial charge in [0.05, 0.1) is 29.9 Å². The van der Waals surface area contributed by atoms with Gasteiger partial charge in [0.1, 0.15) is 5.75 Å². The van der Waals surface area contributed by atoms with Crippen molar-refractivity contribution in [3.63, 3.8) is 0 Å². The molecule has 0 radical (unpaired) electrons. The van der Waals surface area contributed by atoms with Crippen LogP contribution in [0.25, 0.3) is 0 Å². The van der Waals surface area contributed by atoms with E-state index in [9.17, 15) is 14.2 Å². The van der Waals surface area contributed by atoms with Crippen molar-refractivity contribution in [3.8, 4) is 5.75 Å². The van der Waals surface area contributed by atoms with E-state index in [1.807, 2.05) is 77.4 Å². The van der Waals surface area contributed by atoms with Crippen molar-refractivity contribution >= 4 is 19.4 Å². The summed E-state index contributed by atoms with van der Waals surface area (Å²) >= 11 is 0. The zero-order valence-corrected chi connectivity index (χ0v) is 24.3. The Balaban J connectivity index is 1.24. The second kappa shape index (κ2) is 10.9. The van der Waals surface area contributed by atoms with Gasteiger partial charge in [0.25, 0.3) is 0 Å². The normalized spacial score (nSPS) is 15.3. The molecule has 0 amide bonds. The summed E-state index contributed by atoms with van der Waals surface area (Å²) < 4.78 is 33.7. The maximum absolute atomic E-state index is 14.1. The van der Waals surface area contributed by atoms with Crippen LogP contribution in [0.2, 0.25) is 0 Å². The maximum atomic E-state index is 14.1. The Kier molecular flexibility index (Phi) is 6.94. The Bertz CT molecular complexity index is 1870. The van der Waals surface area contributed by atoms with E-state index in [4.69, 9.17) is 13.6 Å². The van der Waals surface area contributed by atoms with Gasteiger partial charge in [0.2, 0.25) is 0 Å². The molecule has 214 valence electrons. The number of rotatable bonds is 8. The third-order valence-electron chi connectivity index (χ3n) is 8.04. The second-order valence-electron chi connectivity index (χ2n) is 10.7. The van der Waals surface area contributed by atoms with Crippen LogP contribution in [-0.2, 0) is 33.4 Å². The van der Waals surface area contributed by atoms with E-state index in [0.717, 1.165) is 27.9 Å². The molecule has 1 aliphatic carbocycles. The number of hydrogen-bond donors (Lipinski definition) is 0. The first kappa shape index (κ1) is 27.3. The minimum absolute atomic E-state index is 0.0218. The molecule has 2 aliphatic rings. The van der Waals surface area contributed by atoms with Crippen molar-refractivity contribution in [2.45, 2.75) is 32.6 Å². The van der Waals surface area contributed by atoms with Gasteiger partial charge in [0, 0.05) is 29.9 Å². The molecule has 0 spiro atoms. The molecular weight excluding hydrogens is 561 g/mol. The van der Waals surface area contributed by atoms with Crippen molar-refractivity contribution in [3.05, 3.63) is 160 Å². The fraction of sp³-hybridized carbons (Fsp3) is 0.143. The Morgan fingerprint density at radius 3 is 2.00 bits per heavy atom. The number of phosphoric acid groups is 1. The highest BCUT2D eigenvalue weighted by molar-refractivity contribution is 7.48. The topological polar surface area (TPSA) is 83.8 Å². The molecule has 0 N–H and O–H groups in total. The van der Waals surface area contributed by atoms with Crippen LogP contribution in [0.1, 0.15) is 72.6 Å². The molecule has 2 heterocycles. The number of hydrogen-bond acceptors (Lipinski definition) is 6. The van der Waals surface area contributed by atoms with E-state index in [-0.39, 0.29) is 47.6 Å². The van der Waals surface area contributed by atoms with Gasteiger partial charge in [-0.15, -0.1) is 0 Å². The van der Waals surface area contributed by atoms with Crippen molar-refractivity contribution in [1.29, 1.82) is 0 Å². The molecule has 1 atom stereocenters. The molecule has 0 saturated heterocycles. The summed E-state index contributed by atoms with van der Waals surface area (Å²) in [4.78, 5) is 28.1. The van der Waals surface area contributed by atoms with Crippen molar-refractivity contribution in [2.75, 3.05) is 0 Å². The highest BCUT2D eigenvalue weighted by Crippen LogP contribution is 2.53. The van der Waals surface area contributed by atoms with Gasteiger partial charge in [-0.25, -0.2) is 4.57 Å². The smallest absolute Gasteiger partial charge is 0.403 e. The fourth-order valence-corrected chi connectivity index (χ4v) is 7.16. The Morgan fingerprint density at radius 1 is 0.721 bits per heavy atom. The van der Waals surface area contributed by atoms with Gasteiger partial charge in [-0.2, -0.15) is 0 Å². The number of carbonyl (C=O) groups is 2. The quantitative estimate of drug-likeness (QED) is 0.169. The van der Waals surface area contributed by atoms with Crippen LogP contribution in [-0.4, -0.2) is 16.1 Å². The predicted octanol–water partition coefficient (Wildman–Crippen LogP) is 7.70. The minimum atomic E-state index is -4.27. The van der Waals surface area contributed by atoms with Crippen LogP contribution >= 0.6 is 7.82 Å². The number of benzene rings is 4. The van der Waals surface area contributed by atoms with E-state index in [1.54, 1.807) is 18.3 Å². The summed E-state index contributed by atoms with van der Waals surface area (Å²) in [5, 5.41) is 0. The van der Waals surface area contributed by atoms with Crippen LogP contribution < -0.4 is 4.52 Å². The number of ketones is 2. The lowest BCUT2D eigenvalue weighted by molar-refractivity contribution is 0.0975. The Labute approximate surface area is 249 Å². The number of carbonyl (C=O) groups excluding carboxylic acids is 2. The summed E-state index contributed by atoms with van der Waals surface area (Å²) in [6.07, 6.45) is 1.76. The fourth-order valence-electron chi connectivity index (χ4n) is 5.98. The van der Waals surface area contributed by atoms with Crippen molar-refractivity contribution in [1.82, 2.24) is 4.57 Å². The minimum Gasteiger partial charge on any atom is -0.403 e. The lowest BCUT2D eigenvalue weighted by Gasteiger charge is -2.27. The van der Waals surface area contributed by atoms with E-state index in [1.165, 1.54) is 6.07 Å². The highest BCUT2D eigenvalue weighted by atomic mass is 31.2. The summed E-state index contributed by atoms with van der Waals surface area (Å²) in [6.45, 7) is 2.55. The zero-order valence-electron chi connectivity index (χ0n) is 23.4. The Morgan fingerprint density at radius 2 is 1.33 bits per heavy atom. The molecule has 0 saturated carbocycles. The van der Waals surface area contributed by atoms with Crippen LogP contribution in [0.15, 0.2) is 109 Å². The molecule has 0 fully saturated rings. The van der Waals surface area contributed by atoms with Gasteiger partial charge < -0.3 is 9.09 Å². The first-order chi connectivity index (χ1) is 20.9. The number of nitrogens with zero attached hydrogens (tertiary/aromatic N) is 1. The first-order valence-electron chi connectivity index (χ1n) is 14.1. The van der Waals surface area contributed by atoms with Gasteiger partial charge >= 0.3 is 7.82 Å². The number of fused-ring (bicyclic) bond motifs is 5. The van der Waals surface area contributed by atoms with Crippen molar-refractivity contribution in [2.24, 2.45) is 0 Å². The number of aromatic nitrogens is 1. The van der Waals surface area contributed by atoms with Crippen LogP contribution in [0, 0.1) is 0 Å². The largest absolute Gasteiger partial charge is 0.530 e. The molecular formula is C35H28NO6P. The van der Waals surface area contributed by atoms with Gasteiger partial charge in [0.15, 0.2) is 11.6 Å². The molecule has 1 aliphatic heterocycles. The predicted molar refractivity (Wildman–Crippen MR) is 161 cm³/mol. The first-order valence-corrected chi connectivity index (χ1v) is 15.6. The molecule has 1 unspecified atom stereocenters. The average molecular weight is 590 g/mol. The highest BCUT2D eigenvalue weighted by Gasteiger charge is 2.41. The molecule has 7 rings (SSSR count). The summed E-state index contributed by atoms with van der Waals surface area (Å²) in [5.74, 6) is -0.716. The average Bonchev–Trinajstić information content (AvgIpc) is 3.43. The Hall–Kier alpha value is -4.55. The molecule has 8 heteroatoms. The monoisotopic (exact) mass is 589 g/mol. The molecule has 4 aromatic carbocycles. The van der Waals surface area contributed by atoms with E-state index < -0.39 is 7.82 Å². The zero-order chi connectivity index (χ0) is 29.6. The third-order valence-corrected chi connectivity index (χ3v) is 9.35. The molecule has 7 nitrogen and oxygen atoms in total. The molecule has 43 heavy (non-hydrogen) atoms. The molecule has 0 bridgehead atoms. The SMILES string of the molecule is CC1c2ccccc2Cn2cc3c(c21)C(=O)c1cccc(OP(=O)(OCc2ccccc2)OCc2ccccc2)c1C3=O. The molecule has 5 aromatic rings. The second-order valence-corrected chi connectivity index (χ2v) is 12.3. The lowest BCUT2D eigenvalue weighted by Crippen LogP contribution is -2.23. The summed E-state index contributed by atoms with van der Waals surface area (Å²) in [6, 6.07) is 31.4. The number of phosphoric ester groups is 1.